The van der Waals surface area contributed by atoms with Crippen LogP contribution >= 0.6 is 0 Å². The molecule has 1 aromatic rings. The van der Waals surface area contributed by atoms with Crippen LogP contribution in [0.1, 0.15) is 28.4 Å². The van der Waals surface area contributed by atoms with Crippen molar-refractivity contribution in [3.8, 4) is 0 Å². The Labute approximate surface area is 81.9 Å². The molecule has 5 heteroatoms. The van der Waals surface area contributed by atoms with Crippen molar-refractivity contribution in [3.05, 3.63) is 17.2 Å². The standard InChI is InChI=1S/C9H13N3O2/c1-14-5-7-11-6-3-2-4-10-9(13)8(6)12-7/h2-5H2,1H3,(H,10,13)(H,11,12). The number of aromatic amines is 1. The van der Waals surface area contributed by atoms with E-state index < -0.39 is 0 Å². The summed E-state index contributed by atoms with van der Waals surface area (Å²) in [5.74, 6) is 0.630. The first kappa shape index (κ1) is 9.21. The number of hydrogen-bond donors (Lipinski definition) is 2. The van der Waals surface area contributed by atoms with Crippen molar-refractivity contribution in [2.24, 2.45) is 0 Å². The first-order chi connectivity index (χ1) is 6.81. The molecule has 1 aromatic heterocycles. The summed E-state index contributed by atoms with van der Waals surface area (Å²) in [6.45, 7) is 1.14. The largest absolute Gasteiger partial charge is 0.377 e. The highest BCUT2D eigenvalue weighted by molar-refractivity contribution is 5.93. The van der Waals surface area contributed by atoms with Crippen molar-refractivity contribution in [3.63, 3.8) is 0 Å². The maximum Gasteiger partial charge on any atom is 0.271 e. The van der Waals surface area contributed by atoms with Crippen LogP contribution in [0.2, 0.25) is 0 Å². The van der Waals surface area contributed by atoms with Crippen molar-refractivity contribution in [1.29, 1.82) is 0 Å². The van der Waals surface area contributed by atoms with Crippen LogP contribution in [-0.4, -0.2) is 29.5 Å². The van der Waals surface area contributed by atoms with E-state index in [-0.39, 0.29) is 5.91 Å². The van der Waals surface area contributed by atoms with E-state index in [0.717, 1.165) is 30.9 Å². The van der Waals surface area contributed by atoms with Gasteiger partial charge in [0.05, 0.1) is 0 Å². The summed E-state index contributed by atoms with van der Waals surface area (Å²) < 4.78 is 4.95. The number of nitrogens with one attached hydrogen (secondary N) is 2. The average Bonchev–Trinajstić information content (AvgIpc) is 2.49. The molecule has 1 aliphatic heterocycles. The molecule has 0 saturated carbocycles. The molecule has 0 aliphatic carbocycles. The van der Waals surface area contributed by atoms with Gasteiger partial charge in [-0.25, -0.2) is 4.98 Å². The molecule has 0 radical (unpaired) electrons. The predicted molar refractivity (Wildman–Crippen MR) is 50.0 cm³/mol. The summed E-state index contributed by atoms with van der Waals surface area (Å²) in [7, 11) is 1.60. The van der Waals surface area contributed by atoms with Gasteiger partial charge in [0, 0.05) is 19.3 Å². The van der Waals surface area contributed by atoms with Gasteiger partial charge >= 0.3 is 0 Å². The number of aromatic nitrogens is 2. The van der Waals surface area contributed by atoms with E-state index in [9.17, 15) is 4.79 Å². The van der Waals surface area contributed by atoms with Crippen molar-refractivity contribution in [2.75, 3.05) is 13.7 Å². The second kappa shape index (κ2) is 3.79. The van der Waals surface area contributed by atoms with Gasteiger partial charge in [-0.2, -0.15) is 0 Å². The third-order valence-corrected chi connectivity index (χ3v) is 2.21. The van der Waals surface area contributed by atoms with Crippen LogP contribution in [-0.2, 0) is 17.8 Å². The number of nitrogens with zero attached hydrogens (tertiary/aromatic N) is 1. The molecule has 2 N–H and O–H groups in total. The maximum absolute atomic E-state index is 11.5. The lowest BCUT2D eigenvalue weighted by molar-refractivity contribution is 0.0951. The normalized spacial score (nSPS) is 15.9. The summed E-state index contributed by atoms with van der Waals surface area (Å²) >= 11 is 0. The number of hydrogen-bond acceptors (Lipinski definition) is 3. The van der Waals surface area contributed by atoms with Crippen molar-refractivity contribution >= 4 is 5.91 Å². The zero-order valence-electron chi connectivity index (χ0n) is 8.09. The second-order valence-corrected chi connectivity index (χ2v) is 3.30. The molecular weight excluding hydrogens is 182 g/mol. The highest BCUT2D eigenvalue weighted by Gasteiger charge is 2.19. The Hall–Kier alpha value is -1.36. The van der Waals surface area contributed by atoms with Crippen LogP contribution in [0.4, 0.5) is 0 Å². The monoisotopic (exact) mass is 195 g/mol. The molecule has 0 bridgehead atoms. The van der Waals surface area contributed by atoms with Crippen LogP contribution in [0.15, 0.2) is 0 Å². The molecule has 2 rings (SSSR count). The Morgan fingerprint density at radius 1 is 1.57 bits per heavy atom. The summed E-state index contributed by atoms with van der Waals surface area (Å²) in [4.78, 5) is 18.8. The minimum absolute atomic E-state index is 0.0869. The fourth-order valence-electron chi connectivity index (χ4n) is 1.59. The molecule has 0 fully saturated rings. The number of rotatable bonds is 2. The number of fused-ring (bicyclic) bond motifs is 1. The van der Waals surface area contributed by atoms with Gasteiger partial charge < -0.3 is 15.0 Å². The molecule has 76 valence electrons. The van der Waals surface area contributed by atoms with Crippen molar-refractivity contribution in [1.82, 2.24) is 15.3 Å². The number of amides is 1. The molecular formula is C9H13N3O2. The van der Waals surface area contributed by atoms with Gasteiger partial charge in [-0.15, -0.1) is 0 Å². The summed E-state index contributed by atoms with van der Waals surface area (Å²) in [5.41, 5.74) is 1.45. The van der Waals surface area contributed by atoms with Gasteiger partial charge in [0.2, 0.25) is 0 Å². The molecule has 5 nitrogen and oxygen atoms in total. The Morgan fingerprint density at radius 2 is 2.43 bits per heavy atom. The fraction of sp³-hybridized carbons (Fsp3) is 0.556. The molecule has 0 spiro atoms. The van der Waals surface area contributed by atoms with Crippen LogP contribution in [0.3, 0.4) is 0 Å². The van der Waals surface area contributed by atoms with E-state index in [4.69, 9.17) is 4.74 Å². The van der Waals surface area contributed by atoms with Gasteiger partial charge in [-0.3, -0.25) is 4.79 Å². The smallest absolute Gasteiger partial charge is 0.271 e. The summed E-state index contributed by atoms with van der Waals surface area (Å²) in [6, 6.07) is 0. The maximum atomic E-state index is 11.5. The van der Waals surface area contributed by atoms with Crippen LogP contribution in [0, 0.1) is 0 Å². The average molecular weight is 195 g/mol. The molecule has 1 aliphatic rings. The van der Waals surface area contributed by atoms with Crippen LogP contribution in [0.5, 0.6) is 0 Å². The van der Waals surface area contributed by atoms with Gasteiger partial charge in [-0.1, -0.05) is 0 Å². The van der Waals surface area contributed by atoms with Gasteiger partial charge in [0.15, 0.2) is 0 Å². The molecule has 14 heavy (non-hydrogen) atoms. The van der Waals surface area contributed by atoms with Crippen LogP contribution in [0.25, 0.3) is 0 Å². The number of H-pyrrole nitrogens is 1. The van der Waals surface area contributed by atoms with Crippen molar-refractivity contribution < 1.29 is 9.53 Å². The third kappa shape index (κ3) is 1.63. The Bertz CT molecular complexity index is 346. The molecule has 1 amide bonds. The predicted octanol–water partition coefficient (Wildman–Crippen LogP) is 0.232. The number of methoxy groups -OCH3 is 1. The number of carbonyl (C=O) groups is 1. The highest BCUT2D eigenvalue weighted by atomic mass is 16.5. The van der Waals surface area contributed by atoms with E-state index in [1.807, 2.05) is 0 Å². The Morgan fingerprint density at radius 3 is 3.21 bits per heavy atom. The molecule has 0 saturated heterocycles. The molecule has 2 heterocycles. The summed E-state index contributed by atoms with van der Waals surface area (Å²) in [5, 5.41) is 2.79. The van der Waals surface area contributed by atoms with E-state index in [1.165, 1.54) is 0 Å². The number of imidazole rings is 1. The first-order valence-corrected chi connectivity index (χ1v) is 4.66. The molecule has 0 unspecified atom stereocenters. The van der Waals surface area contributed by atoms with E-state index in [2.05, 4.69) is 15.3 Å². The topological polar surface area (TPSA) is 67.0 Å². The third-order valence-electron chi connectivity index (χ3n) is 2.21. The summed E-state index contributed by atoms with van der Waals surface area (Å²) in [6.07, 6.45) is 1.82. The fourth-order valence-corrected chi connectivity index (χ4v) is 1.59. The second-order valence-electron chi connectivity index (χ2n) is 3.30. The Kier molecular flexibility index (Phi) is 2.49. The number of aryl methyl sites for hydroxylation is 1. The van der Waals surface area contributed by atoms with Gasteiger partial charge in [0.1, 0.15) is 18.1 Å². The lowest BCUT2D eigenvalue weighted by Crippen LogP contribution is -2.23. The van der Waals surface area contributed by atoms with Gasteiger partial charge in [0.25, 0.3) is 5.91 Å². The van der Waals surface area contributed by atoms with E-state index >= 15 is 0 Å². The minimum Gasteiger partial charge on any atom is -0.377 e. The lowest BCUT2D eigenvalue weighted by Gasteiger charge is -1.96. The van der Waals surface area contributed by atoms with E-state index in [0.29, 0.717) is 12.3 Å². The number of ether oxygens (including phenoxy) is 1. The quantitative estimate of drug-likeness (QED) is 0.710. The minimum atomic E-state index is -0.0869. The Balaban J connectivity index is 2.29. The zero-order chi connectivity index (χ0) is 9.97. The zero-order valence-corrected chi connectivity index (χ0v) is 8.09. The molecule has 0 atom stereocenters. The number of carbonyl (C=O) groups excluding carboxylic acids is 1. The van der Waals surface area contributed by atoms with E-state index in [1.54, 1.807) is 7.11 Å². The molecule has 0 aromatic carbocycles. The van der Waals surface area contributed by atoms with Crippen LogP contribution < -0.4 is 5.32 Å². The lowest BCUT2D eigenvalue weighted by atomic mass is 10.2. The SMILES string of the molecule is COCc1nc2c([nH]1)CCCNC2=O. The van der Waals surface area contributed by atoms with Gasteiger partial charge in [-0.05, 0) is 12.8 Å². The highest BCUT2D eigenvalue weighted by Crippen LogP contribution is 2.12. The van der Waals surface area contributed by atoms with Crippen molar-refractivity contribution in [2.45, 2.75) is 19.4 Å². The first-order valence-electron chi connectivity index (χ1n) is 4.66.